The number of amides is 1. The lowest BCUT2D eigenvalue weighted by molar-refractivity contribution is -0.203. The second-order valence-electron chi connectivity index (χ2n) is 18.4. The zero-order chi connectivity index (χ0) is 33.5. The van der Waals surface area contributed by atoms with Gasteiger partial charge in [0.15, 0.2) is 0 Å². The maximum Gasteiger partial charge on any atom is 0.326 e. The van der Waals surface area contributed by atoms with E-state index in [2.05, 4.69) is 59.9 Å². The highest BCUT2D eigenvalue weighted by atomic mass is 19.1. The van der Waals surface area contributed by atoms with Crippen LogP contribution in [0.4, 0.5) is 4.39 Å². The van der Waals surface area contributed by atoms with Crippen molar-refractivity contribution in [3.63, 3.8) is 0 Å². The highest BCUT2D eigenvalue weighted by Gasteiger charge is 2.68. The lowest BCUT2D eigenvalue weighted by Crippen LogP contribution is -2.64. The lowest BCUT2D eigenvalue weighted by atomic mass is 9.33. The molecule has 1 amide bonds. The molecule has 1 unspecified atom stereocenters. The van der Waals surface area contributed by atoms with E-state index in [1.54, 1.807) is 17.7 Å². The van der Waals surface area contributed by atoms with Crippen LogP contribution in [-0.4, -0.2) is 34.2 Å². The molecular weight excluding hydrogens is 577 g/mol. The van der Waals surface area contributed by atoms with Crippen LogP contribution < -0.4 is 5.32 Å². The van der Waals surface area contributed by atoms with Crippen LogP contribution in [0.25, 0.3) is 0 Å². The molecule has 1 aromatic carbocycles. The van der Waals surface area contributed by atoms with Crippen LogP contribution in [0.3, 0.4) is 0 Å². The Morgan fingerprint density at radius 1 is 0.913 bits per heavy atom. The van der Waals surface area contributed by atoms with Gasteiger partial charge in [-0.2, -0.15) is 0 Å². The summed E-state index contributed by atoms with van der Waals surface area (Å²) in [6, 6.07) is 4.79. The van der Waals surface area contributed by atoms with Gasteiger partial charge in [0.2, 0.25) is 5.91 Å². The van der Waals surface area contributed by atoms with Crippen molar-refractivity contribution < 1.29 is 24.2 Å². The Morgan fingerprint density at radius 3 is 2.26 bits per heavy atom. The third kappa shape index (κ3) is 5.19. The quantitative estimate of drug-likeness (QED) is 0.274. The number of halogens is 1. The molecule has 0 aromatic heterocycles. The van der Waals surface area contributed by atoms with Crippen LogP contribution in [0.5, 0.6) is 0 Å². The Labute approximate surface area is 276 Å². The summed E-state index contributed by atoms with van der Waals surface area (Å²) < 4.78 is 13.5. The largest absolute Gasteiger partial charge is 0.480 e. The van der Waals surface area contributed by atoms with E-state index in [0.717, 1.165) is 57.8 Å². The molecule has 3 N–H and O–H groups in total. The average Bonchev–Trinajstić information content (AvgIpc) is 2.97. The number of rotatable bonds is 6. The number of carboxylic acids is 1. The summed E-state index contributed by atoms with van der Waals surface area (Å²) >= 11 is 0. The van der Waals surface area contributed by atoms with E-state index in [1.165, 1.54) is 18.6 Å². The minimum absolute atomic E-state index is 0.0499. The van der Waals surface area contributed by atoms with Crippen molar-refractivity contribution in [2.24, 2.45) is 50.2 Å². The highest BCUT2D eigenvalue weighted by Crippen LogP contribution is 2.76. The molecule has 0 aliphatic heterocycles. The summed E-state index contributed by atoms with van der Waals surface area (Å²) in [6.07, 6.45) is 13.4. The summed E-state index contributed by atoms with van der Waals surface area (Å²) in [4.78, 5) is 26.1. The van der Waals surface area contributed by atoms with Crippen LogP contribution in [-0.2, 0) is 16.0 Å². The van der Waals surface area contributed by atoms with Gasteiger partial charge in [0.1, 0.15) is 11.9 Å². The van der Waals surface area contributed by atoms with Gasteiger partial charge in [-0.1, -0.05) is 72.2 Å². The molecule has 46 heavy (non-hydrogen) atoms. The van der Waals surface area contributed by atoms with E-state index >= 15 is 0 Å². The van der Waals surface area contributed by atoms with Crippen molar-refractivity contribution in [2.75, 3.05) is 0 Å². The molecule has 5 aliphatic rings. The molecule has 0 heterocycles. The molecule has 0 radical (unpaired) electrons. The van der Waals surface area contributed by atoms with Crippen LogP contribution in [0.15, 0.2) is 35.9 Å². The van der Waals surface area contributed by atoms with E-state index in [9.17, 15) is 24.2 Å². The second kappa shape index (κ2) is 11.2. The molecule has 9 atom stereocenters. The van der Waals surface area contributed by atoms with Gasteiger partial charge < -0.3 is 15.5 Å². The maximum atomic E-state index is 13.8. The number of carbonyl (C=O) groups is 2. The van der Waals surface area contributed by atoms with Crippen LogP contribution in [0, 0.1) is 56.1 Å². The normalized spacial score (nSPS) is 41.5. The number of carboxylic acid groups (broad SMARTS) is 1. The summed E-state index contributed by atoms with van der Waals surface area (Å²) in [5, 5.41) is 23.9. The van der Waals surface area contributed by atoms with Crippen molar-refractivity contribution in [1.82, 2.24) is 5.32 Å². The highest BCUT2D eigenvalue weighted by molar-refractivity contribution is 5.84. The van der Waals surface area contributed by atoms with E-state index in [4.69, 9.17) is 0 Å². The van der Waals surface area contributed by atoms with E-state index < -0.39 is 12.0 Å². The molecule has 0 bridgehead atoms. The van der Waals surface area contributed by atoms with Crippen molar-refractivity contribution in [3.05, 3.63) is 47.3 Å². The molecular formula is C40H58FNO4. The van der Waals surface area contributed by atoms with Gasteiger partial charge in [0.25, 0.3) is 0 Å². The topological polar surface area (TPSA) is 86.6 Å². The minimum atomic E-state index is -1.07. The maximum absolute atomic E-state index is 13.8. The fourth-order valence-electron chi connectivity index (χ4n) is 12.3. The van der Waals surface area contributed by atoms with Gasteiger partial charge in [-0.3, -0.25) is 4.79 Å². The van der Waals surface area contributed by atoms with Crippen LogP contribution in [0.2, 0.25) is 0 Å². The Hall–Kier alpha value is -2.21. The van der Waals surface area contributed by atoms with E-state index in [-0.39, 0.29) is 56.7 Å². The SMILES string of the molecule is CC1(C)CC[C@]2(CC(=O)NC(Cc3ccc(F)cc3)C(=O)O)CC[C@]3(C)C(=CC[C@@H]4[C@@]5(C)CC[C@H](O)C(C)(C)[C@@H]5CC[C@]43C)[C@@H]2C1. The predicted octanol–water partition coefficient (Wildman–Crippen LogP) is 8.49. The molecule has 5 nitrogen and oxygen atoms in total. The summed E-state index contributed by atoms with van der Waals surface area (Å²) in [7, 11) is 0. The fourth-order valence-corrected chi connectivity index (χ4v) is 12.3. The van der Waals surface area contributed by atoms with Gasteiger partial charge in [-0.25, -0.2) is 9.18 Å². The third-order valence-corrected chi connectivity index (χ3v) is 15.3. The summed E-state index contributed by atoms with van der Waals surface area (Å²) in [6.45, 7) is 17.0. The Bertz CT molecular complexity index is 1400. The molecule has 1 aromatic rings. The Balaban J connectivity index is 1.29. The van der Waals surface area contributed by atoms with Crippen molar-refractivity contribution in [1.29, 1.82) is 0 Å². The van der Waals surface area contributed by atoms with E-state index in [1.807, 2.05) is 0 Å². The molecule has 4 fully saturated rings. The number of hydrogen-bond donors (Lipinski definition) is 3. The van der Waals surface area contributed by atoms with Crippen LogP contribution >= 0.6 is 0 Å². The monoisotopic (exact) mass is 635 g/mol. The lowest BCUT2D eigenvalue weighted by Gasteiger charge is -2.71. The van der Waals surface area contributed by atoms with Gasteiger partial charge in [0, 0.05) is 12.8 Å². The number of aliphatic carboxylic acids is 1. The minimum Gasteiger partial charge on any atom is -0.480 e. The number of benzene rings is 1. The van der Waals surface area contributed by atoms with Crippen molar-refractivity contribution in [2.45, 2.75) is 138 Å². The number of aliphatic hydroxyl groups excluding tert-OH is 1. The van der Waals surface area contributed by atoms with Gasteiger partial charge in [0.05, 0.1) is 6.10 Å². The standard InChI is InChI=1S/C40H58FNO4/c1-35(2)18-20-40(24-33(44)42-29(34(45)46)22-25-8-10-26(41)11-9-25)21-19-38(6)27(28(40)23-35)12-13-31-37(5)16-15-32(43)36(3,4)30(37)14-17-39(31,38)7/h8-12,28-32,43H,13-24H2,1-7H3,(H,42,44)(H,45,46)/t28-,29?,30-,31+,32-,37-,38+,39+,40+/m0/s1. The van der Waals surface area contributed by atoms with Gasteiger partial charge >= 0.3 is 5.97 Å². The number of fused-ring (bicyclic) bond motifs is 7. The predicted molar refractivity (Wildman–Crippen MR) is 179 cm³/mol. The number of allylic oxidation sites excluding steroid dienone is 2. The first kappa shape index (κ1) is 33.7. The fraction of sp³-hybridized carbons (Fsp3) is 0.750. The number of hydrogen-bond acceptors (Lipinski definition) is 3. The van der Waals surface area contributed by atoms with E-state index in [0.29, 0.717) is 29.7 Å². The first-order valence-electron chi connectivity index (χ1n) is 18.0. The number of nitrogens with one attached hydrogen (secondary N) is 1. The summed E-state index contributed by atoms with van der Waals surface area (Å²) in [5.41, 5.74) is 2.59. The Kier molecular flexibility index (Phi) is 8.18. The summed E-state index contributed by atoms with van der Waals surface area (Å²) in [5.74, 6) is -0.237. The zero-order valence-electron chi connectivity index (χ0n) is 29.3. The first-order chi connectivity index (χ1) is 21.4. The molecule has 6 heteroatoms. The molecule has 5 aliphatic carbocycles. The van der Waals surface area contributed by atoms with Crippen LogP contribution in [0.1, 0.15) is 125 Å². The van der Waals surface area contributed by atoms with Crippen molar-refractivity contribution in [3.8, 4) is 0 Å². The second-order valence-corrected chi connectivity index (χ2v) is 18.4. The first-order valence-corrected chi connectivity index (χ1v) is 18.0. The molecule has 4 saturated carbocycles. The smallest absolute Gasteiger partial charge is 0.326 e. The third-order valence-electron chi connectivity index (χ3n) is 15.3. The Morgan fingerprint density at radius 2 is 1.59 bits per heavy atom. The number of aliphatic hydroxyl groups is 1. The molecule has 0 saturated heterocycles. The average molecular weight is 636 g/mol. The van der Waals surface area contributed by atoms with Gasteiger partial charge in [-0.15, -0.1) is 0 Å². The molecule has 0 spiro atoms. The zero-order valence-corrected chi connectivity index (χ0v) is 29.3. The van der Waals surface area contributed by atoms with Crippen molar-refractivity contribution >= 4 is 11.9 Å². The van der Waals surface area contributed by atoms with Gasteiger partial charge in [-0.05, 0) is 132 Å². The molecule has 6 rings (SSSR count). The number of carbonyl (C=O) groups excluding carboxylic acids is 1. The molecule has 254 valence electrons.